The minimum absolute atomic E-state index is 0.320. The molecule has 1 aromatic heterocycles. The molecule has 17 heavy (non-hydrogen) atoms. The van der Waals surface area contributed by atoms with Gasteiger partial charge in [0.25, 0.3) is 0 Å². The Morgan fingerprint density at radius 3 is 3.12 bits per heavy atom. The summed E-state index contributed by atoms with van der Waals surface area (Å²) < 4.78 is 5.35. The first-order valence-electron chi connectivity index (χ1n) is 6.04. The fourth-order valence-electron chi connectivity index (χ4n) is 1.76. The quantitative estimate of drug-likeness (QED) is 0.889. The SMILES string of the molecule is CC(CCCN)c1nc(C2CSCCS2)no1. The molecule has 0 aromatic carbocycles. The zero-order valence-corrected chi connectivity index (χ0v) is 11.7. The average Bonchev–Trinajstić information content (AvgIpc) is 2.86. The molecule has 2 rings (SSSR count). The minimum atomic E-state index is 0.320. The topological polar surface area (TPSA) is 64.9 Å². The van der Waals surface area contributed by atoms with E-state index in [-0.39, 0.29) is 0 Å². The molecule has 2 N–H and O–H groups in total. The first-order chi connectivity index (χ1) is 8.31. The molecule has 1 fully saturated rings. The summed E-state index contributed by atoms with van der Waals surface area (Å²) in [6.45, 7) is 2.84. The molecule has 1 aromatic rings. The third-order valence-corrected chi connectivity index (χ3v) is 5.58. The molecule has 2 unspecified atom stereocenters. The molecular formula is C11H19N3OS2. The van der Waals surface area contributed by atoms with E-state index in [1.54, 1.807) is 0 Å². The van der Waals surface area contributed by atoms with Crippen LogP contribution in [0.4, 0.5) is 0 Å². The Morgan fingerprint density at radius 1 is 1.53 bits per heavy atom. The molecule has 0 bridgehead atoms. The molecule has 0 saturated carbocycles. The lowest BCUT2D eigenvalue weighted by Crippen LogP contribution is -2.08. The summed E-state index contributed by atoms with van der Waals surface area (Å²) in [5, 5.41) is 4.53. The molecule has 1 aliphatic rings. The summed E-state index contributed by atoms with van der Waals surface area (Å²) in [6.07, 6.45) is 2.03. The van der Waals surface area contributed by atoms with Crippen LogP contribution < -0.4 is 5.73 Å². The Morgan fingerprint density at radius 2 is 2.41 bits per heavy atom. The lowest BCUT2D eigenvalue weighted by atomic mass is 10.1. The zero-order valence-electron chi connectivity index (χ0n) is 10.1. The van der Waals surface area contributed by atoms with Gasteiger partial charge in [0.15, 0.2) is 5.82 Å². The van der Waals surface area contributed by atoms with Crippen LogP contribution in [0.15, 0.2) is 4.52 Å². The van der Waals surface area contributed by atoms with Crippen molar-refractivity contribution in [3.63, 3.8) is 0 Å². The Labute approximate surface area is 110 Å². The molecular weight excluding hydrogens is 254 g/mol. The predicted octanol–water partition coefficient (Wildman–Crippen LogP) is 2.43. The van der Waals surface area contributed by atoms with Crippen molar-refractivity contribution in [1.29, 1.82) is 0 Å². The van der Waals surface area contributed by atoms with Gasteiger partial charge in [0.05, 0.1) is 5.25 Å². The second-order valence-electron chi connectivity index (χ2n) is 4.26. The van der Waals surface area contributed by atoms with Gasteiger partial charge in [-0.25, -0.2) is 0 Å². The van der Waals surface area contributed by atoms with Crippen LogP contribution in [0.25, 0.3) is 0 Å². The van der Waals surface area contributed by atoms with Crippen molar-refractivity contribution in [3.05, 3.63) is 11.7 Å². The van der Waals surface area contributed by atoms with Gasteiger partial charge in [-0.05, 0) is 19.4 Å². The first-order valence-corrected chi connectivity index (χ1v) is 8.24. The van der Waals surface area contributed by atoms with Crippen molar-refractivity contribution in [2.24, 2.45) is 5.73 Å². The molecule has 96 valence electrons. The van der Waals surface area contributed by atoms with Gasteiger partial charge in [0, 0.05) is 23.2 Å². The van der Waals surface area contributed by atoms with E-state index in [4.69, 9.17) is 10.3 Å². The van der Waals surface area contributed by atoms with Crippen molar-refractivity contribution < 1.29 is 4.52 Å². The summed E-state index contributed by atoms with van der Waals surface area (Å²) in [4.78, 5) is 4.53. The lowest BCUT2D eigenvalue weighted by Gasteiger charge is -2.17. The van der Waals surface area contributed by atoms with Crippen molar-refractivity contribution >= 4 is 23.5 Å². The maximum Gasteiger partial charge on any atom is 0.229 e. The van der Waals surface area contributed by atoms with E-state index in [9.17, 15) is 0 Å². The molecule has 1 saturated heterocycles. The van der Waals surface area contributed by atoms with Crippen molar-refractivity contribution in [2.45, 2.75) is 30.9 Å². The number of nitrogens with zero attached hydrogens (tertiary/aromatic N) is 2. The summed E-state index contributed by atoms with van der Waals surface area (Å²) in [5.74, 6) is 5.48. The summed E-state index contributed by atoms with van der Waals surface area (Å²) in [5.41, 5.74) is 5.50. The highest BCUT2D eigenvalue weighted by molar-refractivity contribution is 8.06. The van der Waals surface area contributed by atoms with E-state index in [0.29, 0.717) is 11.2 Å². The molecule has 1 aliphatic heterocycles. The number of hydrogen-bond acceptors (Lipinski definition) is 6. The fourth-order valence-corrected chi connectivity index (χ4v) is 4.35. The Balaban J connectivity index is 1.94. The van der Waals surface area contributed by atoms with Crippen molar-refractivity contribution in [2.75, 3.05) is 23.8 Å². The van der Waals surface area contributed by atoms with Crippen LogP contribution >= 0.6 is 23.5 Å². The van der Waals surface area contributed by atoms with Gasteiger partial charge in [0.2, 0.25) is 5.89 Å². The van der Waals surface area contributed by atoms with Crippen molar-refractivity contribution in [1.82, 2.24) is 10.1 Å². The standard InChI is InChI=1S/C11H19N3OS2/c1-8(3-2-4-12)11-13-10(14-15-11)9-7-16-5-6-17-9/h8-9H,2-7,12H2,1H3. The Hall–Kier alpha value is -0.200. The van der Waals surface area contributed by atoms with Crippen LogP contribution in [-0.2, 0) is 0 Å². The van der Waals surface area contributed by atoms with Crippen LogP contribution in [0, 0.1) is 0 Å². The number of aromatic nitrogens is 2. The van der Waals surface area contributed by atoms with Crippen LogP contribution in [0.3, 0.4) is 0 Å². The maximum absolute atomic E-state index is 5.50. The Bertz CT molecular complexity index is 339. The van der Waals surface area contributed by atoms with E-state index < -0.39 is 0 Å². The van der Waals surface area contributed by atoms with E-state index in [2.05, 4.69) is 17.1 Å². The largest absolute Gasteiger partial charge is 0.339 e. The lowest BCUT2D eigenvalue weighted by molar-refractivity contribution is 0.348. The maximum atomic E-state index is 5.50. The summed E-state index contributed by atoms with van der Waals surface area (Å²) in [7, 11) is 0. The predicted molar refractivity (Wildman–Crippen MR) is 73.5 cm³/mol. The average molecular weight is 273 g/mol. The molecule has 0 spiro atoms. The molecule has 0 amide bonds. The van der Waals surface area contributed by atoms with Gasteiger partial charge in [-0.3, -0.25) is 0 Å². The molecule has 0 aliphatic carbocycles. The highest BCUT2D eigenvalue weighted by atomic mass is 32.2. The third kappa shape index (κ3) is 3.63. The van der Waals surface area contributed by atoms with Gasteiger partial charge in [-0.15, -0.1) is 11.8 Å². The molecule has 6 heteroatoms. The molecule has 2 atom stereocenters. The summed E-state index contributed by atoms with van der Waals surface area (Å²) >= 11 is 3.90. The first kappa shape index (κ1) is 13.2. The molecule has 4 nitrogen and oxygen atoms in total. The number of hydrogen-bond donors (Lipinski definition) is 1. The van der Waals surface area contributed by atoms with Crippen LogP contribution in [0.2, 0.25) is 0 Å². The highest BCUT2D eigenvalue weighted by Gasteiger charge is 2.23. The van der Waals surface area contributed by atoms with E-state index in [0.717, 1.165) is 36.9 Å². The number of nitrogens with two attached hydrogens (primary N) is 1. The van der Waals surface area contributed by atoms with Gasteiger partial charge >= 0.3 is 0 Å². The van der Waals surface area contributed by atoms with Crippen LogP contribution in [0.5, 0.6) is 0 Å². The van der Waals surface area contributed by atoms with Gasteiger partial charge in [-0.2, -0.15) is 16.7 Å². The number of rotatable bonds is 5. The molecule has 0 radical (unpaired) electrons. The fraction of sp³-hybridized carbons (Fsp3) is 0.818. The molecule has 2 heterocycles. The van der Waals surface area contributed by atoms with Gasteiger partial charge in [-0.1, -0.05) is 12.1 Å². The van der Waals surface area contributed by atoms with Gasteiger partial charge < -0.3 is 10.3 Å². The Kier molecular flexibility index (Phi) is 5.18. The second kappa shape index (κ2) is 6.66. The van der Waals surface area contributed by atoms with E-state index in [1.165, 1.54) is 11.5 Å². The van der Waals surface area contributed by atoms with E-state index >= 15 is 0 Å². The number of thioether (sulfide) groups is 2. The van der Waals surface area contributed by atoms with Crippen LogP contribution in [0.1, 0.15) is 42.6 Å². The third-order valence-electron chi connectivity index (χ3n) is 2.82. The van der Waals surface area contributed by atoms with Crippen LogP contribution in [-0.4, -0.2) is 33.9 Å². The monoisotopic (exact) mass is 273 g/mol. The second-order valence-corrected chi connectivity index (χ2v) is 6.72. The summed E-state index contributed by atoms with van der Waals surface area (Å²) in [6, 6.07) is 0. The minimum Gasteiger partial charge on any atom is -0.339 e. The van der Waals surface area contributed by atoms with Crippen molar-refractivity contribution in [3.8, 4) is 0 Å². The van der Waals surface area contributed by atoms with E-state index in [1.807, 2.05) is 23.5 Å². The highest BCUT2D eigenvalue weighted by Crippen LogP contribution is 2.35. The van der Waals surface area contributed by atoms with Gasteiger partial charge in [0.1, 0.15) is 0 Å². The zero-order chi connectivity index (χ0) is 12.1. The normalized spacial score (nSPS) is 22.6. The smallest absolute Gasteiger partial charge is 0.229 e.